The van der Waals surface area contributed by atoms with Crippen molar-refractivity contribution in [3.8, 4) is 11.5 Å². The summed E-state index contributed by atoms with van der Waals surface area (Å²) in [6.45, 7) is -3.84. The number of carbonyl (C=O) groups is 1. The van der Waals surface area contributed by atoms with E-state index in [0.717, 1.165) is 14.2 Å². The van der Waals surface area contributed by atoms with E-state index in [1.807, 2.05) is 0 Å². The van der Waals surface area contributed by atoms with E-state index in [2.05, 4.69) is 0 Å². The maximum Gasteiger partial charge on any atom is 0.161 e. The first-order chi connectivity index (χ1) is 15.6. The lowest BCUT2D eigenvalue weighted by Crippen LogP contribution is -2.46. The summed E-state index contributed by atoms with van der Waals surface area (Å²) in [4.78, 5) is 13.4. The molecule has 0 radical (unpaired) electrons. The van der Waals surface area contributed by atoms with Crippen LogP contribution < -0.4 is 9.47 Å². The second-order valence-electron chi connectivity index (χ2n) is 5.63. The molecular formula is C19H27NO3. The Kier molecular flexibility index (Phi) is 2.02. The summed E-state index contributed by atoms with van der Waals surface area (Å²) < 4.78 is 115. The van der Waals surface area contributed by atoms with Gasteiger partial charge in [0.1, 0.15) is 5.78 Å². The first-order valence-electron chi connectivity index (χ1n) is 13.3. The number of fused-ring (bicyclic) bond motifs is 3. The number of piperidine rings is 1. The normalized spacial score (nSPS) is 47.1. The number of nitrogens with zero attached hydrogens (tertiary/aromatic N) is 1. The highest BCUT2D eigenvalue weighted by molar-refractivity contribution is 5.83. The van der Waals surface area contributed by atoms with Gasteiger partial charge in [0.25, 0.3) is 0 Å². The van der Waals surface area contributed by atoms with E-state index in [1.165, 1.54) is 0 Å². The standard InChI is InChI=1S/C19H27NO3/c1-12(2)7-14-11-20-6-5-13-8-18(22-3)19(23-4)9-15(13)16(20)10-17(14)21/h8-9,12,14,16H,5-7,10-11H2,1-4H3/i5D2,6D2,8D,9D,10D2,11D2,14D,16D. The zero-order valence-corrected chi connectivity index (χ0v) is 13.5. The molecule has 2 heterocycles. The van der Waals surface area contributed by atoms with Crippen molar-refractivity contribution < 1.29 is 30.7 Å². The predicted octanol–water partition coefficient (Wildman–Crippen LogP) is 3.24. The summed E-state index contributed by atoms with van der Waals surface area (Å²) in [6.07, 6.45) is -7.35. The first-order valence-corrected chi connectivity index (χ1v) is 7.27. The smallest absolute Gasteiger partial charge is 0.161 e. The minimum Gasteiger partial charge on any atom is -0.493 e. The fraction of sp³-hybridized carbons (Fsp3) is 0.632. The van der Waals surface area contributed by atoms with Crippen molar-refractivity contribution in [2.45, 2.75) is 39.0 Å². The second-order valence-corrected chi connectivity index (χ2v) is 5.63. The number of ether oxygens (including phenoxy) is 2. The van der Waals surface area contributed by atoms with Crippen molar-refractivity contribution in [1.82, 2.24) is 4.90 Å². The van der Waals surface area contributed by atoms with Gasteiger partial charge in [0.2, 0.25) is 0 Å². The molecule has 4 nitrogen and oxygen atoms in total. The molecule has 0 aliphatic carbocycles. The number of benzene rings is 1. The van der Waals surface area contributed by atoms with Gasteiger partial charge in [-0.05, 0) is 41.9 Å². The third kappa shape index (κ3) is 3.09. The van der Waals surface area contributed by atoms with E-state index in [1.54, 1.807) is 13.8 Å². The summed E-state index contributed by atoms with van der Waals surface area (Å²) in [7, 11) is 2.18. The molecule has 0 bridgehead atoms. The van der Waals surface area contributed by atoms with E-state index < -0.39 is 90.5 Å². The lowest BCUT2D eigenvalue weighted by Gasteiger charge is -2.43. The number of Topliss-reactive ketones (excluding diaryl/α,β-unsaturated/α-hetero) is 1. The van der Waals surface area contributed by atoms with E-state index in [9.17, 15) is 6.17 Å². The van der Waals surface area contributed by atoms with Gasteiger partial charge in [-0.25, -0.2) is 0 Å². The van der Waals surface area contributed by atoms with Crippen molar-refractivity contribution in [3.05, 3.63) is 23.2 Å². The first kappa shape index (κ1) is 7.14. The molecule has 1 saturated heterocycles. The van der Waals surface area contributed by atoms with Crippen LogP contribution in [0.4, 0.5) is 0 Å². The van der Waals surface area contributed by atoms with Gasteiger partial charge in [-0.1, -0.05) is 13.8 Å². The Labute approximate surface area is 155 Å². The van der Waals surface area contributed by atoms with Crippen LogP contribution in [0.1, 0.15) is 60.2 Å². The number of hydrogen-bond acceptors (Lipinski definition) is 4. The third-order valence-corrected chi connectivity index (χ3v) is 3.46. The van der Waals surface area contributed by atoms with Crippen LogP contribution in [0, 0.1) is 11.8 Å². The predicted molar refractivity (Wildman–Crippen MR) is 90.1 cm³/mol. The molecule has 0 amide bonds. The minimum absolute atomic E-state index is 0.0739. The number of methoxy groups -OCH3 is 2. The fourth-order valence-corrected chi connectivity index (χ4v) is 2.42. The van der Waals surface area contributed by atoms with Crippen LogP contribution in [0.2, 0.25) is 0 Å². The molecule has 2 unspecified atom stereocenters. The van der Waals surface area contributed by atoms with E-state index in [-0.39, 0.29) is 4.90 Å². The van der Waals surface area contributed by atoms with Crippen LogP contribution in [0.5, 0.6) is 11.5 Å². The fourth-order valence-electron chi connectivity index (χ4n) is 2.42. The van der Waals surface area contributed by atoms with Gasteiger partial charge >= 0.3 is 0 Å². The molecule has 2 aliphatic heterocycles. The Morgan fingerprint density at radius 3 is 2.74 bits per heavy atom. The summed E-state index contributed by atoms with van der Waals surface area (Å²) in [6, 6.07) is -5.07. The molecule has 0 spiro atoms. The van der Waals surface area contributed by atoms with Gasteiger partial charge in [0, 0.05) is 43.6 Å². The third-order valence-electron chi connectivity index (χ3n) is 3.46. The molecule has 126 valence electrons. The van der Waals surface area contributed by atoms with Crippen LogP contribution in [0.15, 0.2) is 12.1 Å². The molecule has 0 aromatic heterocycles. The SMILES string of the molecule is [2H]c1c(OC)c(OC)c([2H])c2c1C([2H])([2H])C([2H])([2H])N1C([2H])([2H])C([2H])(CC(C)C)C(=O)C([2H])([2H])C21[2H]. The van der Waals surface area contributed by atoms with Gasteiger partial charge in [-0.2, -0.15) is 0 Å². The molecule has 0 saturated carbocycles. The van der Waals surface area contributed by atoms with Gasteiger partial charge in [-0.15, -0.1) is 0 Å². The van der Waals surface area contributed by atoms with Gasteiger partial charge < -0.3 is 9.47 Å². The summed E-state index contributed by atoms with van der Waals surface area (Å²) >= 11 is 0. The number of hydrogen-bond donors (Lipinski definition) is 0. The van der Waals surface area contributed by atoms with Crippen LogP contribution in [0.25, 0.3) is 0 Å². The molecule has 23 heavy (non-hydrogen) atoms. The summed E-state index contributed by atoms with van der Waals surface area (Å²) in [5.74, 6) is -6.03. The number of ketones is 1. The van der Waals surface area contributed by atoms with Crippen LogP contribution >= 0.6 is 0 Å². The molecule has 2 atom stereocenters. The Morgan fingerprint density at radius 2 is 2.09 bits per heavy atom. The van der Waals surface area contributed by atoms with Gasteiger partial charge in [-0.3, -0.25) is 9.69 Å². The van der Waals surface area contributed by atoms with Crippen LogP contribution in [-0.2, 0) is 11.2 Å². The Hall–Kier alpha value is -1.55. The largest absolute Gasteiger partial charge is 0.493 e. The molecule has 3 rings (SSSR count). The number of rotatable bonds is 4. The highest BCUT2D eigenvalue weighted by Gasteiger charge is 2.38. The number of carbonyl (C=O) groups excluding carboxylic acids is 1. The summed E-state index contributed by atoms with van der Waals surface area (Å²) in [5, 5.41) is 0. The van der Waals surface area contributed by atoms with Gasteiger partial charge in [0.05, 0.1) is 18.3 Å². The zero-order valence-electron chi connectivity index (χ0n) is 25.5. The minimum atomic E-state index is -3.55. The monoisotopic (exact) mass is 329 g/mol. The molecular weight excluding hydrogens is 290 g/mol. The Bertz CT molecular complexity index is 1090. The van der Waals surface area contributed by atoms with Gasteiger partial charge in [0.15, 0.2) is 11.5 Å². The second kappa shape index (κ2) is 6.52. The Balaban J connectivity index is 2.64. The lowest BCUT2D eigenvalue weighted by atomic mass is 9.80. The van der Waals surface area contributed by atoms with Crippen molar-refractivity contribution in [1.29, 1.82) is 0 Å². The molecule has 1 aromatic carbocycles. The zero-order chi connectivity index (χ0) is 27.3. The molecule has 2 aliphatic rings. The summed E-state index contributed by atoms with van der Waals surface area (Å²) in [5.41, 5.74) is -1.86. The molecule has 4 heteroatoms. The average Bonchev–Trinajstić information content (AvgIpc) is 2.70. The van der Waals surface area contributed by atoms with E-state index >= 15 is 0 Å². The van der Waals surface area contributed by atoms with Crippen LogP contribution in [-0.4, -0.2) is 37.9 Å². The topological polar surface area (TPSA) is 38.8 Å². The maximum absolute atomic E-state index is 13.5. The van der Waals surface area contributed by atoms with E-state index in [4.69, 9.17) is 24.6 Å². The lowest BCUT2D eigenvalue weighted by molar-refractivity contribution is -0.129. The quantitative estimate of drug-likeness (QED) is 0.850. The van der Waals surface area contributed by atoms with Crippen molar-refractivity contribution in [3.63, 3.8) is 0 Å². The average molecular weight is 330 g/mol. The van der Waals surface area contributed by atoms with Crippen molar-refractivity contribution in [2.24, 2.45) is 11.8 Å². The molecule has 1 aromatic rings. The molecule has 1 fully saturated rings. The highest BCUT2D eigenvalue weighted by atomic mass is 16.5. The maximum atomic E-state index is 13.5. The molecule has 0 N–H and O–H groups in total. The Morgan fingerprint density at radius 1 is 1.39 bits per heavy atom. The highest BCUT2D eigenvalue weighted by Crippen LogP contribution is 2.42. The van der Waals surface area contributed by atoms with E-state index in [0.29, 0.717) is 0 Å². The van der Waals surface area contributed by atoms with Crippen molar-refractivity contribution >= 4 is 5.78 Å². The van der Waals surface area contributed by atoms with Crippen LogP contribution in [0.3, 0.4) is 0 Å². The van der Waals surface area contributed by atoms with Crippen molar-refractivity contribution in [2.75, 3.05) is 27.2 Å².